The maximum Gasteiger partial charge on any atom is 0.198 e. The summed E-state index contributed by atoms with van der Waals surface area (Å²) in [5.41, 5.74) is -0.844. The van der Waals surface area contributed by atoms with Gasteiger partial charge in [-0.2, -0.15) is 0 Å². The maximum absolute atomic E-state index is 13.8. The van der Waals surface area contributed by atoms with Crippen molar-refractivity contribution in [3.8, 4) is 0 Å². The molecule has 1 aliphatic rings. The van der Waals surface area contributed by atoms with Crippen molar-refractivity contribution in [3.05, 3.63) is 64.5 Å². The number of carbonyl (C=O) groups is 1. The van der Waals surface area contributed by atoms with E-state index in [4.69, 9.17) is 0 Å². The number of fused-ring (bicyclic) bond motifs is 1. The highest BCUT2D eigenvalue weighted by molar-refractivity contribution is 6.20. The molecular formula is C15H6F5NO. The molecule has 22 heavy (non-hydrogen) atoms. The molecule has 0 atom stereocenters. The van der Waals surface area contributed by atoms with Crippen molar-refractivity contribution in [2.75, 3.05) is 0 Å². The third kappa shape index (κ3) is 2.18. The zero-order chi connectivity index (χ0) is 16.0. The summed E-state index contributed by atoms with van der Waals surface area (Å²) in [5, 5.41) is 0. The Morgan fingerprint density at radius 3 is 2.32 bits per heavy atom. The third-order valence-corrected chi connectivity index (χ3v) is 3.26. The highest BCUT2D eigenvalue weighted by Gasteiger charge is 2.27. The Balaban J connectivity index is 2.19. The van der Waals surface area contributed by atoms with Gasteiger partial charge in [-0.3, -0.25) is 9.79 Å². The van der Waals surface area contributed by atoms with E-state index in [0.717, 1.165) is 12.1 Å². The Labute approximate surface area is 120 Å². The number of halogens is 5. The largest absolute Gasteiger partial charge is 0.294 e. The molecule has 0 aromatic heterocycles. The zero-order valence-corrected chi connectivity index (χ0v) is 10.8. The van der Waals surface area contributed by atoms with Crippen LogP contribution in [0.15, 0.2) is 29.3 Å². The summed E-state index contributed by atoms with van der Waals surface area (Å²) >= 11 is 0. The van der Waals surface area contributed by atoms with Crippen LogP contribution in [0.5, 0.6) is 0 Å². The molecule has 2 aromatic carbocycles. The van der Waals surface area contributed by atoms with E-state index in [0.29, 0.717) is 6.07 Å². The van der Waals surface area contributed by atoms with Crippen LogP contribution < -0.4 is 0 Å². The van der Waals surface area contributed by atoms with Gasteiger partial charge in [-0.15, -0.1) is 0 Å². The molecule has 2 nitrogen and oxygen atoms in total. The fourth-order valence-electron chi connectivity index (χ4n) is 2.20. The van der Waals surface area contributed by atoms with Crippen molar-refractivity contribution < 1.29 is 26.7 Å². The Morgan fingerprint density at radius 2 is 1.59 bits per heavy atom. The van der Waals surface area contributed by atoms with E-state index in [2.05, 4.69) is 4.99 Å². The van der Waals surface area contributed by atoms with E-state index in [1.807, 2.05) is 0 Å². The van der Waals surface area contributed by atoms with E-state index >= 15 is 0 Å². The van der Waals surface area contributed by atoms with Crippen LogP contribution in [0.4, 0.5) is 27.6 Å². The molecule has 0 amide bonds. The topological polar surface area (TPSA) is 29.4 Å². The van der Waals surface area contributed by atoms with Gasteiger partial charge in [-0.05, 0) is 24.3 Å². The Bertz CT molecular complexity index is 844. The van der Waals surface area contributed by atoms with E-state index in [1.54, 1.807) is 0 Å². The first-order chi connectivity index (χ1) is 10.4. The quantitative estimate of drug-likeness (QED) is 0.443. The molecule has 0 spiro atoms. The molecule has 112 valence electrons. The summed E-state index contributed by atoms with van der Waals surface area (Å²) < 4.78 is 66.3. The summed E-state index contributed by atoms with van der Waals surface area (Å²) in [6.45, 7) is 0. The van der Waals surface area contributed by atoms with Crippen molar-refractivity contribution in [1.82, 2.24) is 0 Å². The van der Waals surface area contributed by atoms with Gasteiger partial charge in [0.05, 0.1) is 17.8 Å². The minimum atomic E-state index is -1.98. The maximum atomic E-state index is 13.8. The molecule has 2 aromatic rings. The second kappa shape index (κ2) is 5.01. The van der Waals surface area contributed by atoms with Gasteiger partial charge in [0.2, 0.25) is 0 Å². The van der Waals surface area contributed by atoms with E-state index in [-0.39, 0.29) is 17.0 Å². The lowest BCUT2D eigenvalue weighted by Crippen LogP contribution is -2.17. The summed E-state index contributed by atoms with van der Waals surface area (Å²) in [4.78, 5) is 15.9. The molecule has 0 fully saturated rings. The molecule has 0 N–H and O–H groups in total. The normalized spacial score (nSPS) is 13.9. The van der Waals surface area contributed by atoms with Gasteiger partial charge in [-0.25, -0.2) is 22.0 Å². The zero-order valence-electron chi connectivity index (χ0n) is 10.8. The number of hydrogen-bond acceptors (Lipinski definition) is 2. The van der Waals surface area contributed by atoms with Gasteiger partial charge in [0.25, 0.3) is 0 Å². The van der Waals surface area contributed by atoms with Crippen LogP contribution >= 0.6 is 0 Å². The van der Waals surface area contributed by atoms with E-state index in [9.17, 15) is 26.7 Å². The molecule has 7 heteroatoms. The summed E-state index contributed by atoms with van der Waals surface area (Å²) in [7, 11) is 0. The predicted molar refractivity (Wildman–Crippen MR) is 67.8 cm³/mol. The number of ketones is 1. The second-order valence-electron chi connectivity index (χ2n) is 4.67. The molecule has 3 rings (SSSR count). The lowest BCUT2D eigenvalue weighted by molar-refractivity contribution is 0.0999. The average molecular weight is 311 g/mol. The average Bonchev–Trinajstić information content (AvgIpc) is 2.49. The SMILES string of the molecule is O=C1CC(c2cc(F)c(F)c(F)c2F)=Nc2ccc(F)cc21. The van der Waals surface area contributed by atoms with E-state index in [1.165, 1.54) is 6.07 Å². The van der Waals surface area contributed by atoms with Crippen LogP contribution in [0.25, 0.3) is 0 Å². The van der Waals surface area contributed by atoms with Crippen molar-refractivity contribution in [2.24, 2.45) is 4.99 Å². The summed E-state index contributed by atoms with van der Waals surface area (Å²) in [6.07, 6.45) is -0.474. The summed E-state index contributed by atoms with van der Waals surface area (Å²) in [6, 6.07) is 3.64. The van der Waals surface area contributed by atoms with Crippen LogP contribution in [0.3, 0.4) is 0 Å². The van der Waals surface area contributed by atoms with Crippen LogP contribution in [-0.4, -0.2) is 11.5 Å². The minimum absolute atomic E-state index is 0.00721. The van der Waals surface area contributed by atoms with Crippen LogP contribution in [-0.2, 0) is 0 Å². The van der Waals surface area contributed by atoms with Crippen LogP contribution in [0, 0.1) is 29.1 Å². The second-order valence-corrected chi connectivity index (χ2v) is 4.67. The fourth-order valence-corrected chi connectivity index (χ4v) is 2.20. The van der Waals surface area contributed by atoms with Crippen molar-refractivity contribution in [1.29, 1.82) is 0 Å². The molecule has 0 saturated heterocycles. The van der Waals surface area contributed by atoms with Gasteiger partial charge in [-0.1, -0.05) is 0 Å². The predicted octanol–water partition coefficient (Wildman–Crippen LogP) is 4.09. The number of hydrogen-bond donors (Lipinski definition) is 0. The number of benzene rings is 2. The highest BCUT2D eigenvalue weighted by atomic mass is 19.2. The number of rotatable bonds is 1. The van der Waals surface area contributed by atoms with Crippen molar-refractivity contribution in [3.63, 3.8) is 0 Å². The lowest BCUT2D eigenvalue weighted by Gasteiger charge is -2.15. The lowest BCUT2D eigenvalue weighted by atomic mass is 9.95. The number of nitrogens with zero attached hydrogens (tertiary/aromatic N) is 1. The number of carbonyl (C=O) groups excluding carboxylic acids is 1. The summed E-state index contributed by atoms with van der Waals surface area (Å²) in [5.74, 6) is -8.36. The van der Waals surface area contributed by atoms with Gasteiger partial charge in [0.1, 0.15) is 5.82 Å². The fraction of sp³-hybridized carbons (Fsp3) is 0.0667. The van der Waals surface area contributed by atoms with Crippen molar-refractivity contribution in [2.45, 2.75) is 6.42 Å². The Hall–Kier alpha value is -2.57. The van der Waals surface area contributed by atoms with Gasteiger partial charge in [0, 0.05) is 11.1 Å². The molecule has 0 bridgehead atoms. The third-order valence-electron chi connectivity index (χ3n) is 3.26. The Kier molecular flexibility index (Phi) is 3.27. The van der Waals surface area contributed by atoms with Gasteiger partial charge >= 0.3 is 0 Å². The molecule has 0 aliphatic carbocycles. The van der Waals surface area contributed by atoms with Gasteiger partial charge in [0.15, 0.2) is 29.1 Å². The number of aliphatic imine (C=N–C) groups is 1. The van der Waals surface area contributed by atoms with E-state index < -0.39 is 46.9 Å². The molecule has 1 heterocycles. The first-order valence-electron chi connectivity index (χ1n) is 6.12. The molecule has 1 aliphatic heterocycles. The van der Waals surface area contributed by atoms with Gasteiger partial charge < -0.3 is 0 Å². The molecule has 0 unspecified atom stereocenters. The van der Waals surface area contributed by atoms with Crippen LogP contribution in [0.1, 0.15) is 22.3 Å². The molecule has 0 saturated carbocycles. The smallest absolute Gasteiger partial charge is 0.198 e. The minimum Gasteiger partial charge on any atom is -0.294 e. The standard InChI is InChI=1S/C15H6F5NO/c16-6-1-2-10-7(3-6)12(22)5-11(21-10)8-4-9(17)14(19)15(20)13(8)18/h1-4H,5H2. The molecular weight excluding hydrogens is 305 g/mol. The first-order valence-corrected chi connectivity index (χ1v) is 6.12. The monoisotopic (exact) mass is 311 g/mol. The highest BCUT2D eigenvalue weighted by Crippen LogP contribution is 2.30. The molecule has 0 radical (unpaired) electrons. The first kappa shape index (κ1) is 14.4. The number of Topliss-reactive ketones (excluding diaryl/α,β-unsaturated/α-hetero) is 1. The van der Waals surface area contributed by atoms with Crippen molar-refractivity contribution >= 4 is 17.2 Å². The van der Waals surface area contributed by atoms with Crippen LogP contribution in [0.2, 0.25) is 0 Å². The Morgan fingerprint density at radius 1 is 0.864 bits per heavy atom.